The van der Waals surface area contributed by atoms with Crippen LogP contribution in [-0.2, 0) is 6.54 Å². The lowest BCUT2D eigenvalue weighted by Gasteiger charge is -2.36. The van der Waals surface area contributed by atoms with Crippen LogP contribution < -0.4 is 5.73 Å². The van der Waals surface area contributed by atoms with Crippen molar-refractivity contribution in [1.82, 2.24) is 4.90 Å². The average Bonchev–Trinajstić information content (AvgIpc) is 2.67. The third kappa shape index (κ3) is 3.06. The summed E-state index contributed by atoms with van der Waals surface area (Å²) in [5.74, 6) is 0.678. The molecule has 2 atom stereocenters. The lowest BCUT2D eigenvalue weighted by molar-refractivity contribution is 0.146. The normalized spacial score (nSPS) is 27.2. The molecule has 1 aromatic rings. The largest absolute Gasteiger partial charge is 0.327 e. The monoisotopic (exact) mass is 302 g/mol. The molecular formula is C12H19BrN2S. The Labute approximate surface area is 110 Å². The Balaban J connectivity index is 1.91. The van der Waals surface area contributed by atoms with Gasteiger partial charge in [0.1, 0.15) is 0 Å². The minimum absolute atomic E-state index is 0.413. The molecule has 2 unspecified atom stereocenters. The van der Waals surface area contributed by atoms with Crippen molar-refractivity contribution in [3.8, 4) is 0 Å². The van der Waals surface area contributed by atoms with Crippen molar-refractivity contribution in [1.29, 1.82) is 0 Å². The Kier molecular flexibility index (Phi) is 4.41. The second-order valence-corrected chi connectivity index (χ2v) is 6.50. The SMILES string of the molecule is CCC1CN(Cc2cc(Br)cs2)CCC1N. The second-order valence-electron chi connectivity index (χ2n) is 4.59. The van der Waals surface area contributed by atoms with Crippen LogP contribution >= 0.6 is 27.3 Å². The van der Waals surface area contributed by atoms with Crippen LogP contribution in [0.25, 0.3) is 0 Å². The van der Waals surface area contributed by atoms with Gasteiger partial charge in [-0.3, -0.25) is 4.90 Å². The van der Waals surface area contributed by atoms with Gasteiger partial charge in [-0.2, -0.15) is 0 Å². The van der Waals surface area contributed by atoms with Gasteiger partial charge in [-0.1, -0.05) is 13.3 Å². The smallest absolute Gasteiger partial charge is 0.0328 e. The van der Waals surface area contributed by atoms with E-state index >= 15 is 0 Å². The van der Waals surface area contributed by atoms with Crippen LogP contribution in [0, 0.1) is 5.92 Å². The molecule has 4 heteroatoms. The van der Waals surface area contributed by atoms with Crippen molar-refractivity contribution < 1.29 is 0 Å². The van der Waals surface area contributed by atoms with E-state index in [1.807, 2.05) is 11.3 Å². The molecule has 0 aliphatic carbocycles. The maximum atomic E-state index is 6.12. The van der Waals surface area contributed by atoms with Gasteiger partial charge in [0.2, 0.25) is 0 Å². The standard InChI is InChI=1S/C12H19BrN2S/c1-2-9-6-15(4-3-12(9)14)7-11-5-10(13)8-16-11/h5,8-9,12H,2-4,6-7,14H2,1H3. The minimum Gasteiger partial charge on any atom is -0.327 e. The number of thiophene rings is 1. The van der Waals surface area contributed by atoms with E-state index in [-0.39, 0.29) is 0 Å². The van der Waals surface area contributed by atoms with Crippen molar-refractivity contribution in [2.24, 2.45) is 11.7 Å². The van der Waals surface area contributed by atoms with Crippen LogP contribution in [0.1, 0.15) is 24.6 Å². The van der Waals surface area contributed by atoms with Gasteiger partial charge in [0, 0.05) is 40.4 Å². The van der Waals surface area contributed by atoms with Gasteiger partial charge in [0.25, 0.3) is 0 Å². The van der Waals surface area contributed by atoms with E-state index in [1.54, 1.807) is 0 Å². The van der Waals surface area contributed by atoms with Gasteiger partial charge in [-0.15, -0.1) is 11.3 Å². The molecule has 1 fully saturated rings. The van der Waals surface area contributed by atoms with Gasteiger partial charge in [-0.25, -0.2) is 0 Å². The highest BCUT2D eigenvalue weighted by molar-refractivity contribution is 9.10. The van der Waals surface area contributed by atoms with Crippen LogP contribution in [0.15, 0.2) is 15.9 Å². The third-order valence-corrected chi connectivity index (χ3v) is 5.08. The fraction of sp³-hybridized carbons (Fsp3) is 0.667. The quantitative estimate of drug-likeness (QED) is 0.930. The average molecular weight is 303 g/mol. The molecular weight excluding hydrogens is 284 g/mol. The highest BCUT2D eigenvalue weighted by Crippen LogP contribution is 2.24. The molecule has 2 nitrogen and oxygen atoms in total. The molecule has 90 valence electrons. The molecule has 1 aliphatic heterocycles. The summed E-state index contributed by atoms with van der Waals surface area (Å²) in [6, 6.07) is 2.64. The molecule has 1 aliphatic rings. The van der Waals surface area contributed by atoms with Crippen LogP contribution in [0.5, 0.6) is 0 Å². The molecule has 0 amide bonds. The molecule has 2 N–H and O–H groups in total. The van der Waals surface area contributed by atoms with Gasteiger partial charge in [-0.05, 0) is 34.3 Å². The number of nitrogens with two attached hydrogens (primary N) is 1. The summed E-state index contributed by atoms with van der Waals surface area (Å²) < 4.78 is 1.20. The number of piperidine rings is 1. The first kappa shape index (κ1) is 12.6. The maximum absolute atomic E-state index is 6.12. The topological polar surface area (TPSA) is 29.3 Å². The highest BCUT2D eigenvalue weighted by atomic mass is 79.9. The second kappa shape index (κ2) is 5.63. The lowest BCUT2D eigenvalue weighted by atomic mass is 9.91. The number of nitrogens with zero attached hydrogens (tertiary/aromatic N) is 1. The molecule has 1 saturated heterocycles. The molecule has 2 heterocycles. The third-order valence-electron chi connectivity index (χ3n) is 3.40. The molecule has 0 aromatic carbocycles. The van der Waals surface area contributed by atoms with E-state index in [0.717, 1.165) is 26.1 Å². The molecule has 0 radical (unpaired) electrons. The van der Waals surface area contributed by atoms with E-state index in [9.17, 15) is 0 Å². The summed E-state index contributed by atoms with van der Waals surface area (Å²) in [6.45, 7) is 5.63. The van der Waals surface area contributed by atoms with Gasteiger partial charge >= 0.3 is 0 Å². The van der Waals surface area contributed by atoms with Crippen molar-refractivity contribution in [2.75, 3.05) is 13.1 Å². The van der Waals surface area contributed by atoms with Crippen LogP contribution in [-0.4, -0.2) is 24.0 Å². The van der Waals surface area contributed by atoms with Crippen LogP contribution in [0.4, 0.5) is 0 Å². The minimum atomic E-state index is 0.413. The summed E-state index contributed by atoms with van der Waals surface area (Å²) in [4.78, 5) is 3.98. The Morgan fingerprint density at radius 2 is 2.44 bits per heavy atom. The first-order chi connectivity index (χ1) is 7.69. The number of halogens is 1. The van der Waals surface area contributed by atoms with Crippen molar-refractivity contribution >= 4 is 27.3 Å². The first-order valence-corrected chi connectivity index (χ1v) is 7.57. The zero-order chi connectivity index (χ0) is 11.5. The van der Waals surface area contributed by atoms with Gasteiger partial charge in [0.15, 0.2) is 0 Å². The lowest BCUT2D eigenvalue weighted by Crippen LogP contribution is -2.46. The zero-order valence-electron chi connectivity index (χ0n) is 9.66. The number of likely N-dealkylation sites (tertiary alicyclic amines) is 1. The highest BCUT2D eigenvalue weighted by Gasteiger charge is 2.25. The number of hydrogen-bond acceptors (Lipinski definition) is 3. The van der Waals surface area contributed by atoms with E-state index in [4.69, 9.17) is 5.73 Å². The van der Waals surface area contributed by atoms with Gasteiger partial charge < -0.3 is 5.73 Å². The Hall–Kier alpha value is 0.1000. The van der Waals surface area contributed by atoms with Crippen LogP contribution in [0.3, 0.4) is 0 Å². The molecule has 16 heavy (non-hydrogen) atoms. The Morgan fingerprint density at radius 3 is 3.06 bits per heavy atom. The van der Waals surface area contributed by atoms with Crippen molar-refractivity contribution in [2.45, 2.75) is 32.4 Å². The summed E-state index contributed by atoms with van der Waals surface area (Å²) in [6.07, 6.45) is 2.34. The van der Waals surface area contributed by atoms with Crippen molar-refractivity contribution in [3.05, 3.63) is 20.8 Å². The van der Waals surface area contributed by atoms with E-state index in [0.29, 0.717) is 12.0 Å². The first-order valence-electron chi connectivity index (χ1n) is 5.90. The predicted octanol–water partition coefficient (Wildman–Crippen LogP) is 3.07. The maximum Gasteiger partial charge on any atom is 0.0328 e. The molecule has 0 saturated carbocycles. The number of hydrogen-bond donors (Lipinski definition) is 1. The summed E-state index contributed by atoms with van der Waals surface area (Å²) >= 11 is 5.34. The fourth-order valence-corrected chi connectivity index (χ4v) is 3.85. The molecule has 2 rings (SSSR count). The molecule has 0 bridgehead atoms. The zero-order valence-corrected chi connectivity index (χ0v) is 12.1. The predicted molar refractivity (Wildman–Crippen MR) is 73.7 cm³/mol. The molecule has 0 spiro atoms. The Morgan fingerprint density at radius 1 is 1.62 bits per heavy atom. The Bertz CT molecular complexity index is 340. The van der Waals surface area contributed by atoms with Crippen molar-refractivity contribution in [3.63, 3.8) is 0 Å². The van der Waals surface area contributed by atoms with Gasteiger partial charge in [0.05, 0.1) is 0 Å². The van der Waals surface area contributed by atoms with E-state index < -0.39 is 0 Å². The number of rotatable bonds is 3. The summed E-state index contributed by atoms with van der Waals surface area (Å²) in [5, 5.41) is 2.16. The summed E-state index contributed by atoms with van der Waals surface area (Å²) in [5.41, 5.74) is 6.12. The van der Waals surface area contributed by atoms with E-state index in [1.165, 1.54) is 15.8 Å². The fourth-order valence-electron chi connectivity index (χ4n) is 2.36. The summed E-state index contributed by atoms with van der Waals surface area (Å²) in [7, 11) is 0. The van der Waals surface area contributed by atoms with Crippen LogP contribution in [0.2, 0.25) is 0 Å². The molecule has 1 aromatic heterocycles. The van der Waals surface area contributed by atoms with E-state index in [2.05, 4.69) is 39.2 Å².